The maximum absolute atomic E-state index is 16.1. The Kier molecular flexibility index (Phi) is 5.82. The second-order valence-electron chi connectivity index (χ2n) is 8.85. The van der Waals surface area contributed by atoms with Crippen LogP contribution < -0.4 is 9.64 Å². The van der Waals surface area contributed by atoms with E-state index in [2.05, 4.69) is 20.9 Å². The summed E-state index contributed by atoms with van der Waals surface area (Å²) >= 11 is 0. The van der Waals surface area contributed by atoms with Gasteiger partial charge < -0.3 is 24.6 Å². The number of rotatable bonds is 3. The van der Waals surface area contributed by atoms with E-state index in [1.807, 2.05) is 0 Å². The molecule has 1 fully saturated rings. The molecule has 2 aromatic carbocycles. The highest BCUT2D eigenvalue weighted by molar-refractivity contribution is 6.03. The first-order valence-corrected chi connectivity index (χ1v) is 11.1. The Labute approximate surface area is 205 Å². The van der Waals surface area contributed by atoms with E-state index in [0.717, 1.165) is 0 Å². The number of hydrogen-bond acceptors (Lipinski definition) is 8. The smallest absolute Gasteiger partial charge is 0.318 e. The first-order chi connectivity index (χ1) is 17.2. The number of terminal acetylenes is 1. The summed E-state index contributed by atoms with van der Waals surface area (Å²) in [5, 5.41) is 21.9. The first-order valence-electron chi connectivity index (χ1n) is 11.1. The zero-order valence-electron chi connectivity index (χ0n) is 19.5. The third-order valence-electron chi connectivity index (χ3n) is 6.03. The van der Waals surface area contributed by atoms with Gasteiger partial charge in [0.2, 0.25) is 0 Å². The van der Waals surface area contributed by atoms with Crippen molar-refractivity contribution < 1.29 is 28.5 Å². The molecule has 1 atom stereocenters. The lowest BCUT2D eigenvalue weighted by atomic mass is 9.96. The molecule has 0 amide bonds. The maximum Gasteiger partial charge on any atom is 0.318 e. The number of anilines is 1. The number of fused-ring (bicyclic) bond motifs is 2. The van der Waals surface area contributed by atoms with Crippen molar-refractivity contribution in [2.24, 2.45) is 0 Å². The molecule has 1 unspecified atom stereocenters. The summed E-state index contributed by atoms with van der Waals surface area (Å²) in [5.41, 5.74) is -1.40. The highest BCUT2D eigenvalue weighted by Crippen LogP contribution is 2.38. The second-order valence-corrected chi connectivity index (χ2v) is 8.85. The van der Waals surface area contributed by atoms with E-state index in [0.29, 0.717) is 24.4 Å². The van der Waals surface area contributed by atoms with Crippen LogP contribution in [0.5, 0.6) is 11.8 Å². The summed E-state index contributed by atoms with van der Waals surface area (Å²) in [7, 11) is 1.36. The topological polar surface area (TPSA) is 101 Å². The molecule has 0 aliphatic carbocycles. The van der Waals surface area contributed by atoms with E-state index < -0.39 is 17.2 Å². The predicted octanol–water partition coefficient (Wildman–Crippen LogP) is 3.41. The van der Waals surface area contributed by atoms with Crippen LogP contribution in [0.1, 0.15) is 12.5 Å². The van der Waals surface area contributed by atoms with Gasteiger partial charge in [0.15, 0.2) is 5.82 Å². The molecule has 2 N–H and O–H groups in total. The minimum Gasteiger partial charge on any atom is -0.508 e. The van der Waals surface area contributed by atoms with Crippen molar-refractivity contribution in [1.82, 2.24) is 15.0 Å². The molecular weight excluding hydrogens is 470 g/mol. The Morgan fingerprint density at radius 2 is 2.06 bits per heavy atom. The number of β-amino-alcohol motifs (C(OH)–C–C–N with tert-alkyl or cyclic N) is 1. The number of ether oxygens (including phenoxy) is 2. The number of methoxy groups -OCH3 is 1. The van der Waals surface area contributed by atoms with Gasteiger partial charge in [0.1, 0.15) is 34.2 Å². The number of aliphatic hydroxyl groups is 1. The molecule has 1 saturated heterocycles. The minimum atomic E-state index is -1.16. The Hall–Kier alpha value is -4.07. The Bertz CT molecular complexity index is 1550. The lowest BCUT2D eigenvalue weighted by Gasteiger charge is -2.29. The van der Waals surface area contributed by atoms with E-state index in [1.54, 1.807) is 11.8 Å². The van der Waals surface area contributed by atoms with Gasteiger partial charge in [-0.15, -0.1) is 6.42 Å². The Morgan fingerprint density at radius 1 is 1.25 bits per heavy atom. The number of benzene rings is 2. The van der Waals surface area contributed by atoms with Gasteiger partial charge in [-0.3, -0.25) is 4.98 Å². The van der Waals surface area contributed by atoms with Gasteiger partial charge in [-0.2, -0.15) is 9.97 Å². The van der Waals surface area contributed by atoms with Crippen LogP contribution in [0.3, 0.4) is 0 Å². The highest BCUT2D eigenvalue weighted by atomic mass is 19.1. The summed E-state index contributed by atoms with van der Waals surface area (Å²) in [6.45, 7) is 2.66. The SMILES string of the molecule is C#Cc1c(F)ccc2cc(O)cc(-c3ncc4c(N5CCOCC(C)(O)C5)nc(OC)nc4c3F)c12. The van der Waals surface area contributed by atoms with Gasteiger partial charge in [0.05, 0.1) is 37.8 Å². The van der Waals surface area contributed by atoms with E-state index in [4.69, 9.17) is 15.9 Å². The lowest BCUT2D eigenvalue weighted by Crippen LogP contribution is -2.42. The number of pyridine rings is 1. The summed E-state index contributed by atoms with van der Waals surface area (Å²) in [6, 6.07) is 5.24. The van der Waals surface area contributed by atoms with E-state index in [-0.39, 0.29) is 58.0 Å². The van der Waals surface area contributed by atoms with Gasteiger partial charge in [0.25, 0.3) is 0 Å². The molecule has 1 aliphatic rings. The van der Waals surface area contributed by atoms with E-state index in [1.165, 1.54) is 37.6 Å². The van der Waals surface area contributed by atoms with E-state index in [9.17, 15) is 14.6 Å². The predicted molar refractivity (Wildman–Crippen MR) is 130 cm³/mol. The molecule has 2 aromatic heterocycles. The van der Waals surface area contributed by atoms with Crippen molar-refractivity contribution in [1.29, 1.82) is 0 Å². The Balaban J connectivity index is 1.78. The largest absolute Gasteiger partial charge is 0.508 e. The average Bonchev–Trinajstić information content (AvgIpc) is 3.03. The summed E-state index contributed by atoms with van der Waals surface area (Å²) in [6.07, 6.45) is 6.96. The third kappa shape index (κ3) is 4.02. The van der Waals surface area contributed by atoms with Crippen LogP contribution in [0.15, 0.2) is 30.5 Å². The van der Waals surface area contributed by atoms with Crippen molar-refractivity contribution in [3.8, 4) is 35.4 Å². The van der Waals surface area contributed by atoms with Crippen molar-refractivity contribution in [3.05, 3.63) is 47.7 Å². The standard InChI is InChI=1S/C26H22F2N4O4/c1-4-16-19(27)6-5-14-9-15(33)10-17(20(14)16)22-21(28)23-18(11-29-22)24(31-25(30-23)35-3)32-7-8-36-13-26(2,34)12-32/h1,5-6,9-11,33-34H,7-8,12-13H2,2-3H3. The molecule has 0 radical (unpaired) electrons. The van der Waals surface area contributed by atoms with Gasteiger partial charge in [0, 0.05) is 23.7 Å². The molecule has 0 bridgehead atoms. The monoisotopic (exact) mass is 492 g/mol. The van der Waals surface area contributed by atoms with Crippen molar-refractivity contribution >= 4 is 27.5 Å². The fourth-order valence-electron chi connectivity index (χ4n) is 4.48. The fraction of sp³-hybridized carbons (Fsp3) is 0.269. The zero-order valence-corrected chi connectivity index (χ0v) is 19.5. The molecular formula is C26H22F2N4O4. The lowest BCUT2D eigenvalue weighted by molar-refractivity contribution is -0.0123. The van der Waals surface area contributed by atoms with Crippen molar-refractivity contribution in [2.45, 2.75) is 12.5 Å². The number of phenols is 1. The first kappa shape index (κ1) is 23.7. The summed E-state index contributed by atoms with van der Waals surface area (Å²) in [5.74, 6) is 0.984. The number of aromatic nitrogens is 3. The highest BCUT2D eigenvalue weighted by Gasteiger charge is 2.30. The average molecular weight is 492 g/mol. The third-order valence-corrected chi connectivity index (χ3v) is 6.03. The zero-order chi connectivity index (χ0) is 25.6. The van der Waals surface area contributed by atoms with Crippen molar-refractivity contribution in [3.63, 3.8) is 0 Å². The minimum absolute atomic E-state index is 0.0726. The number of halogens is 2. The van der Waals surface area contributed by atoms with Crippen LogP contribution in [0.25, 0.3) is 32.9 Å². The number of hydrogen-bond donors (Lipinski definition) is 2. The molecule has 10 heteroatoms. The normalized spacial score (nSPS) is 18.3. The molecule has 5 rings (SSSR count). The molecule has 1 aliphatic heterocycles. The number of nitrogens with zero attached hydrogens (tertiary/aromatic N) is 4. The Morgan fingerprint density at radius 3 is 2.81 bits per heavy atom. The molecule has 3 heterocycles. The fourth-order valence-corrected chi connectivity index (χ4v) is 4.48. The van der Waals surface area contributed by atoms with Crippen LogP contribution in [0, 0.1) is 24.0 Å². The summed E-state index contributed by atoms with van der Waals surface area (Å²) < 4.78 is 41.4. The number of aromatic hydroxyl groups is 1. The second kappa shape index (κ2) is 8.86. The van der Waals surface area contributed by atoms with E-state index >= 15 is 4.39 Å². The molecule has 4 aromatic rings. The van der Waals surface area contributed by atoms with Gasteiger partial charge in [-0.05, 0) is 30.5 Å². The van der Waals surface area contributed by atoms with Crippen LogP contribution >= 0.6 is 0 Å². The molecule has 184 valence electrons. The van der Waals surface area contributed by atoms with Crippen molar-refractivity contribution in [2.75, 3.05) is 38.3 Å². The quantitative estimate of drug-likeness (QED) is 0.420. The summed E-state index contributed by atoms with van der Waals surface area (Å²) in [4.78, 5) is 14.7. The van der Waals surface area contributed by atoms with Crippen LogP contribution in [-0.4, -0.2) is 64.2 Å². The molecule has 0 spiro atoms. The van der Waals surface area contributed by atoms with Crippen LogP contribution in [0.2, 0.25) is 0 Å². The van der Waals surface area contributed by atoms with Gasteiger partial charge in [-0.1, -0.05) is 12.0 Å². The number of phenolic OH excluding ortho intramolecular Hbond substituents is 1. The van der Waals surface area contributed by atoms with Gasteiger partial charge in [-0.25, -0.2) is 8.78 Å². The van der Waals surface area contributed by atoms with Crippen LogP contribution in [0.4, 0.5) is 14.6 Å². The molecule has 36 heavy (non-hydrogen) atoms. The molecule has 8 nitrogen and oxygen atoms in total. The van der Waals surface area contributed by atoms with Crippen LogP contribution in [-0.2, 0) is 4.74 Å². The molecule has 0 saturated carbocycles. The maximum atomic E-state index is 16.1. The van der Waals surface area contributed by atoms with Gasteiger partial charge >= 0.3 is 6.01 Å².